The highest BCUT2D eigenvalue weighted by Crippen LogP contribution is 2.39. The van der Waals surface area contributed by atoms with Crippen LogP contribution in [0.15, 0.2) is 66.7 Å². The molecule has 3 aliphatic heterocycles. The monoisotopic (exact) mass is 659 g/mol. The summed E-state index contributed by atoms with van der Waals surface area (Å²) < 4.78 is 13.8. The first-order valence-electron chi connectivity index (χ1n) is 18.1. The summed E-state index contributed by atoms with van der Waals surface area (Å²) in [4.78, 5) is 0. The Morgan fingerprint density at radius 1 is 0.896 bits per heavy atom. The van der Waals surface area contributed by atoms with Gasteiger partial charge in [-0.05, 0) is 65.6 Å². The van der Waals surface area contributed by atoms with Crippen LogP contribution in [0.2, 0.25) is 0 Å². The molecular formula is C40H55N2O6+. The number of rotatable bonds is 16. The number of hydrogen-bond donors (Lipinski definition) is 5. The second kappa shape index (κ2) is 16.3. The lowest BCUT2D eigenvalue weighted by Gasteiger charge is -2.52. The summed E-state index contributed by atoms with van der Waals surface area (Å²) in [6.07, 6.45) is 6.27. The molecule has 3 aromatic carbocycles. The number of piperidine rings is 3. The quantitative estimate of drug-likeness (QED) is 0.0977. The van der Waals surface area contributed by atoms with Gasteiger partial charge in [-0.25, -0.2) is 0 Å². The van der Waals surface area contributed by atoms with Crippen molar-refractivity contribution in [3.63, 3.8) is 0 Å². The minimum absolute atomic E-state index is 0.0286. The van der Waals surface area contributed by atoms with E-state index >= 15 is 0 Å². The number of nitrogens with one attached hydrogen (secondary N) is 1. The van der Waals surface area contributed by atoms with Crippen molar-refractivity contribution >= 4 is 0 Å². The van der Waals surface area contributed by atoms with Gasteiger partial charge < -0.3 is 39.7 Å². The molecule has 3 aromatic rings. The van der Waals surface area contributed by atoms with Gasteiger partial charge in [-0.1, -0.05) is 67.4 Å². The van der Waals surface area contributed by atoms with Crippen molar-refractivity contribution in [3.8, 4) is 5.75 Å². The molecule has 3 heterocycles. The van der Waals surface area contributed by atoms with Crippen LogP contribution < -0.4 is 5.32 Å². The molecule has 4 aliphatic rings. The highest BCUT2D eigenvalue weighted by Gasteiger charge is 2.46. The van der Waals surface area contributed by atoms with Gasteiger partial charge in [0.25, 0.3) is 0 Å². The third-order valence-corrected chi connectivity index (χ3v) is 11.4. The smallest absolute Gasteiger partial charge is 0.121 e. The van der Waals surface area contributed by atoms with E-state index in [1.807, 2.05) is 6.07 Å². The van der Waals surface area contributed by atoms with E-state index in [9.17, 15) is 20.4 Å². The number of ether oxygens (including phenoxy) is 2. The number of benzene rings is 3. The minimum Gasteiger partial charge on any atom is -0.508 e. The van der Waals surface area contributed by atoms with Crippen molar-refractivity contribution in [2.24, 2.45) is 5.92 Å². The molecule has 0 spiro atoms. The summed E-state index contributed by atoms with van der Waals surface area (Å²) in [7, 11) is 0. The summed E-state index contributed by atoms with van der Waals surface area (Å²) in [5.41, 5.74) is 5.70. The van der Waals surface area contributed by atoms with E-state index in [1.54, 1.807) is 12.1 Å². The van der Waals surface area contributed by atoms with Gasteiger partial charge in [-0.2, -0.15) is 0 Å². The summed E-state index contributed by atoms with van der Waals surface area (Å²) in [6, 6.07) is 21.7. The van der Waals surface area contributed by atoms with Crippen molar-refractivity contribution in [3.05, 3.63) is 100 Å². The van der Waals surface area contributed by atoms with Gasteiger partial charge in [0.2, 0.25) is 0 Å². The highest BCUT2D eigenvalue weighted by molar-refractivity contribution is 5.37. The Balaban J connectivity index is 0.927. The van der Waals surface area contributed by atoms with Crippen LogP contribution in [0.1, 0.15) is 103 Å². The van der Waals surface area contributed by atoms with Gasteiger partial charge in [-0.3, -0.25) is 0 Å². The first kappa shape index (κ1) is 35.0. The van der Waals surface area contributed by atoms with Crippen molar-refractivity contribution in [2.75, 3.05) is 45.9 Å². The van der Waals surface area contributed by atoms with Crippen LogP contribution in [0.5, 0.6) is 5.75 Å². The number of aliphatic hydroxyl groups is 3. The SMILES string of the molecule is C[C@@H](NC[C@H](O)c1ccc(O)c(CO)c1)c1ccc(COCC[N+]23CCC(CC2)[C@@H](OC[C@H](O)c2ccccc2C2CCCC2)C3)cc1. The Labute approximate surface area is 285 Å². The maximum atomic E-state index is 11.2. The van der Waals surface area contributed by atoms with Crippen molar-refractivity contribution in [2.45, 2.75) is 88.9 Å². The molecule has 0 unspecified atom stereocenters. The Morgan fingerprint density at radius 3 is 2.38 bits per heavy atom. The van der Waals surface area contributed by atoms with Gasteiger partial charge in [0.15, 0.2) is 0 Å². The fraction of sp³-hybridized carbons (Fsp3) is 0.550. The fourth-order valence-electron chi connectivity index (χ4n) is 8.27. The molecule has 0 aromatic heterocycles. The number of aromatic hydroxyl groups is 1. The number of phenols is 1. The van der Waals surface area contributed by atoms with Gasteiger partial charge in [0.05, 0.1) is 45.6 Å². The van der Waals surface area contributed by atoms with Crippen LogP contribution in [0.3, 0.4) is 0 Å². The Bertz CT molecular complexity index is 1450. The molecule has 1 aliphatic carbocycles. The van der Waals surface area contributed by atoms with Crippen molar-refractivity contribution in [1.82, 2.24) is 5.32 Å². The van der Waals surface area contributed by atoms with Gasteiger partial charge in [0, 0.05) is 36.9 Å². The second-order valence-corrected chi connectivity index (χ2v) is 14.5. The van der Waals surface area contributed by atoms with Crippen LogP contribution in [0.25, 0.3) is 0 Å². The van der Waals surface area contributed by atoms with E-state index in [2.05, 4.69) is 54.7 Å². The molecule has 48 heavy (non-hydrogen) atoms. The van der Waals surface area contributed by atoms with E-state index in [4.69, 9.17) is 9.47 Å². The molecule has 8 heteroatoms. The van der Waals surface area contributed by atoms with Crippen LogP contribution >= 0.6 is 0 Å². The first-order chi connectivity index (χ1) is 23.3. The highest BCUT2D eigenvalue weighted by atomic mass is 16.5. The van der Waals surface area contributed by atoms with E-state index in [-0.39, 0.29) is 24.5 Å². The largest absolute Gasteiger partial charge is 0.508 e. The predicted octanol–water partition coefficient (Wildman–Crippen LogP) is 5.80. The van der Waals surface area contributed by atoms with E-state index in [0.29, 0.717) is 49.3 Å². The summed E-state index contributed by atoms with van der Waals surface area (Å²) in [5, 5.41) is 44.4. The van der Waals surface area contributed by atoms with E-state index in [0.717, 1.165) is 34.3 Å². The van der Waals surface area contributed by atoms with Crippen LogP contribution in [0, 0.1) is 5.92 Å². The molecule has 2 bridgehead atoms. The number of nitrogens with zero attached hydrogens (tertiary/aromatic N) is 1. The van der Waals surface area contributed by atoms with Gasteiger partial charge in [-0.15, -0.1) is 0 Å². The average molecular weight is 660 g/mol. The van der Waals surface area contributed by atoms with Crippen LogP contribution in [0.4, 0.5) is 0 Å². The summed E-state index contributed by atoms with van der Waals surface area (Å²) >= 11 is 0. The lowest BCUT2D eigenvalue weighted by Crippen LogP contribution is -2.65. The molecule has 0 amide bonds. The van der Waals surface area contributed by atoms with Gasteiger partial charge >= 0.3 is 0 Å². The summed E-state index contributed by atoms with van der Waals surface area (Å²) in [6.45, 7) is 8.16. The lowest BCUT2D eigenvalue weighted by atomic mass is 9.83. The first-order valence-corrected chi connectivity index (χ1v) is 18.1. The molecule has 8 nitrogen and oxygen atoms in total. The molecule has 5 N–H and O–H groups in total. The number of fused-ring (bicyclic) bond motifs is 3. The third kappa shape index (κ3) is 8.48. The summed E-state index contributed by atoms with van der Waals surface area (Å²) in [5.74, 6) is 1.20. The van der Waals surface area contributed by atoms with Crippen LogP contribution in [-0.4, -0.2) is 77.0 Å². The topological polar surface area (TPSA) is 111 Å². The van der Waals surface area contributed by atoms with E-state index < -0.39 is 12.2 Å². The number of quaternary nitrogens is 1. The molecule has 4 fully saturated rings. The van der Waals surface area contributed by atoms with E-state index in [1.165, 1.54) is 63.2 Å². The predicted molar refractivity (Wildman–Crippen MR) is 186 cm³/mol. The zero-order chi connectivity index (χ0) is 33.5. The second-order valence-electron chi connectivity index (χ2n) is 14.5. The zero-order valence-corrected chi connectivity index (χ0v) is 28.5. The Hall–Kier alpha value is -2.82. The number of aliphatic hydroxyl groups excluding tert-OH is 3. The normalized spacial score (nSPS) is 24.5. The number of hydrogen-bond acceptors (Lipinski definition) is 7. The van der Waals surface area contributed by atoms with Crippen molar-refractivity contribution < 1.29 is 34.4 Å². The van der Waals surface area contributed by atoms with Crippen LogP contribution in [-0.2, 0) is 22.7 Å². The lowest BCUT2D eigenvalue weighted by molar-refractivity contribution is -0.946. The molecule has 3 saturated heterocycles. The molecule has 0 radical (unpaired) electrons. The zero-order valence-electron chi connectivity index (χ0n) is 28.5. The molecule has 7 rings (SSSR count). The van der Waals surface area contributed by atoms with Gasteiger partial charge in [0.1, 0.15) is 31.0 Å². The minimum atomic E-state index is -0.750. The third-order valence-electron chi connectivity index (χ3n) is 11.4. The Kier molecular flexibility index (Phi) is 11.9. The van der Waals surface area contributed by atoms with Crippen molar-refractivity contribution in [1.29, 1.82) is 0 Å². The average Bonchev–Trinajstić information content (AvgIpc) is 3.67. The Morgan fingerprint density at radius 2 is 1.62 bits per heavy atom. The standard InChI is InChI=1S/C40H54N2O6/c1-28(41-23-38(45)33-14-15-37(44)34(22-33)25-43)30-12-10-29(11-13-30)26-47-21-20-42-18-16-32(17-19-42)40(24-42)48-27-39(46)36-9-5-4-8-35(36)31-6-2-3-7-31/h4-5,8-15,22,28,31-32,38-41,43,45-46H,2-3,6-7,16-21,23-27H2,1H3/p+1/t28-,32?,38+,39+,40+,42?/m1/s1. The maximum absolute atomic E-state index is 11.2. The maximum Gasteiger partial charge on any atom is 0.121 e. The molecule has 1 saturated carbocycles. The molecular weight excluding hydrogens is 604 g/mol. The molecule has 260 valence electrons. The fourth-order valence-corrected chi connectivity index (χ4v) is 8.27. The molecule has 4 atom stereocenters.